The van der Waals surface area contributed by atoms with Crippen LogP contribution in [0.5, 0.6) is 0 Å². The standard InChI is InChI=1S/C22H41N2P2Si.C5H5.Fe/c1-21(2,3)20-16(27(4,5)6)13-15(14-25)19(20)22(26,17-9-7-11-23-17)18-10-8-12-24-18;1-2-4-5-3-1;/h13,17-18,23-24H,7-12,14,25-26H2,1-6H3;1-5H;. The fourth-order valence-corrected chi connectivity index (χ4v) is 145. The van der Waals surface area contributed by atoms with E-state index in [2.05, 4.69) is 69.5 Å². The summed E-state index contributed by atoms with van der Waals surface area (Å²) in [6.07, 6.45) is 7.24. The molecule has 6 heteroatoms. The van der Waals surface area contributed by atoms with Crippen LogP contribution < -0.4 is 10.6 Å². The summed E-state index contributed by atoms with van der Waals surface area (Å²) in [6.45, 7) is 15.7. The zero-order valence-electron chi connectivity index (χ0n) is 21.6. The van der Waals surface area contributed by atoms with Crippen molar-refractivity contribution in [3.05, 3.63) is 0 Å². The normalized spacial score (nSPS) is 86.4. The molecule has 0 saturated carbocycles. The molecule has 186 valence electrons. The van der Waals surface area contributed by atoms with Gasteiger partial charge in [0.25, 0.3) is 0 Å². The van der Waals surface area contributed by atoms with Crippen molar-refractivity contribution in [2.24, 2.45) is 5.41 Å². The molecule has 12 heterocycles. The van der Waals surface area contributed by atoms with Gasteiger partial charge < -0.3 is 0 Å². The topological polar surface area (TPSA) is 24.1 Å². The van der Waals surface area contributed by atoms with Crippen LogP contribution in [0.15, 0.2) is 0 Å². The van der Waals surface area contributed by atoms with Gasteiger partial charge in [-0.25, -0.2) is 0 Å². The first-order valence-corrected chi connectivity index (χ1v) is 25.3. The minimum absolute atomic E-state index is 0.427. The Morgan fingerprint density at radius 2 is 1.36 bits per heavy atom. The Hall–Kier alpha value is 1.52. The molecule has 1 spiro atoms. The Morgan fingerprint density at radius 1 is 0.879 bits per heavy atom. The summed E-state index contributed by atoms with van der Waals surface area (Å²) in [7, 11) is 6.07. The van der Waals surface area contributed by atoms with Crippen molar-refractivity contribution in [1.82, 2.24) is 10.6 Å². The van der Waals surface area contributed by atoms with Crippen LogP contribution >= 0.6 is 18.5 Å². The molecule has 0 bridgehead atoms. The van der Waals surface area contributed by atoms with Gasteiger partial charge in [-0.15, -0.1) is 0 Å². The number of fused-ring (bicyclic) bond motifs is 10. The summed E-state index contributed by atoms with van der Waals surface area (Å²) in [5.41, 5.74) is 0.513. The van der Waals surface area contributed by atoms with E-state index in [-0.39, 0.29) is 0 Å². The first-order chi connectivity index (χ1) is 15.2. The van der Waals surface area contributed by atoms with Crippen molar-refractivity contribution in [3.8, 4) is 0 Å². The van der Waals surface area contributed by atoms with Crippen LogP contribution in [0.1, 0.15) is 46.5 Å². The molecule has 12 aliphatic rings. The summed E-state index contributed by atoms with van der Waals surface area (Å²) in [5, 5.41) is 8.89. The fourth-order valence-electron chi connectivity index (χ4n) is 27.0. The van der Waals surface area contributed by atoms with Crippen molar-refractivity contribution in [2.75, 3.05) is 19.3 Å². The average Bonchev–Trinajstić information content (AvgIpc) is 3.54. The summed E-state index contributed by atoms with van der Waals surface area (Å²) in [4.78, 5) is 8.02. The quantitative estimate of drug-likeness (QED) is 0.295. The number of hydrogen-bond acceptors (Lipinski definition) is 2. The second-order valence-electron chi connectivity index (χ2n) is 19.0. The van der Waals surface area contributed by atoms with Gasteiger partial charge in [0.05, 0.1) is 0 Å². The average molecular weight is 545 g/mol. The second-order valence-corrected chi connectivity index (χ2v) is 48.8. The molecule has 0 aliphatic carbocycles. The second kappa shape index (κ2) is 2.40. The van der Waals surface area contributed by atoms with Crippen LogP contribution in [0.4, 0.5) is 0 Å². The third kappa shape index (κ3) is 0.341. The van der Waals surface area contributed by atoms with Gasteiger partial charge in [0.2, 0.25) is 0 Å². The minimum atomic E-state index is -4.01. The Bertz CT molecular complexity index is 1510. The third-order valence-corrected chi connectivity index (χ3v) is 78.4. The third-order valence-electron chi connectivity index (χ3n) is 21.8. The van der Waals surface area contributed by atoms with Crippen LogP contribution in [-0.4, -0.2) is 44.6 Å². The first-order valence-electron chi connectivity index (χ1n) is 14.4. The molecule has 0 aromatic carbocycles. The molecule has 0 aromatic heterocycles. The van der Waals surface area contributed by atoms with E-state index in [9.17, 15) is 0 Å². The Morgan fingerprint density at radius 3 is 1.67 bits per heavy atom. The SMILES string of the molecule is CC(C)(C)[C]12[C]3(C(P)(C4CCCN4)C4CCCN4)[C]4(CP)[CH]5[C]1([Si](C)(C)C)[Fe]54321678[CH]2[CH]1[CH]6[CH]7[CH]28. The molecular weight excluding hydrogens is 498 g/mol. The maximum absolute atomic E-state index is 4.23. The van der Waals surface area contributed by atoms with E-state index in [0.29, 0.717) is 10.6 Å². The maximum atomic E-state index is 4.23. The Balaban J connectivity index is 1.33. The molecule has 9 atom stereocenters. The van der Waals surface area contributed by atoms with Gasteiger partial charge in [-0.3, -0.25) is 0 Å². The van der Waals surface area contributed by atoms with Gasteiger partial charge in [-0.2, -0.15) is 0 Å². The van der Waals surface area contributed by atoms with E-state index in [4.69, 9.17) is 0 Å². The van der Waals surface area contributed by atoms with Gasteiger partial charge in [0.1, 0.15) is 0 Å². The molecule has 12 rings (SSSR count). The predicted molar refractivity (Wildman–Crippen MR) is 145 cm³/mol. The van der Waals surface area contributed by atoms with E-state index >= 15 is 0 Å². The molecule has 33 heavy (non-hydrogen) atoms. The van der Waals surface area contributed by atoms with E-state index in [0.717, 1.165) is 29.0 Å². The van der Waals surface area contributed by atoms with Crippen molar-refractivity contribution in [3.63, 3.8) is 0 Å². The molecule has 2 nitrogen and oxygen atoms in total. The van der Waals surface area contributed by atoms with Crippen molar-refractivity contribution in [2.45, 2.75) is 129 Å². The van der Waals surface area contributed by atoms with Gasteiger partial charge >= 0.3 is 197 Å². The van der Waals surface area contributed by atoms with Crippen LogP contribution in [0.3, 0.4) is 0 Å². The van der Waals surface area contributed by atoms with E-state index in [1.165, 1.54) is 73.8 Å². The molecular formula is C27H46FeN2P2Si. The van der Waals surface area contributed by atoms with Crippen molar-refractivity contribution >= 4 is 26.6 Å². The molecule has 9 unspecified atom stereocenters. The number of hydrogen-bond donors (Lipinski definition) is 2. The molecule has 12 fully saturated rings. The number of nitrogens with one attached hydrogen (secondary N) is 2. The van der Waals surface area contributed by atoms with E-state index < -0.39 is 14.6 Å². The molecule has 12 saturated heterocycles. The predicted octanol–water partition coefficient (Wildman–Crippen LogP) is 6.77. The molecule has 0 amide bonds. The zero-order valence-corrected chi connectivity index (χ0v) is 26.0. The fraction of sp³-hybridized carbons (Fsp3) is 1.00. The van der Waals surface area contributed by atoms with Gasteiger partial charge in [0.15, 0.2) is 0 Å². The van der Waals surface area contributed by atoms with Crippen molar-refractivity contribution < 1.29 is 6.51 Å². The Labute approximate surface area is 196 Å². The van der Waals surface area contributed by atoms with Crippen LogP contribution in [0.2, 0.25) is 65.4 Å². The summed E-state index contributed by atoms with van der Waals surface area (Å²) >= 11 is 0. The van der Waals surface area contributed by atoms with Crippen molar-refractivity contribution in [1.29, 1.82) is 0 Å². The summed E-state index contributed by atoms with van der Waals surface area (Å²) < 4.78 is 3.41. The van der Waals surface area contributed by atoms with E-state index in [1.807, 2.05) is 0 Å². The van der Waals surface area contributed by atoms with Crippen LogP contribution in [0, 0.1) is 5.41 Å². The van der Waals surface area contributed by atoms with Crippen LogP contribution in [-0.2, 0) is 6.51 Å². The molecule has 2 N–H and O–H groups in total. The summed E-state index contributed by atoms with van der Waals surface area (Å²) in [5.74, 6) is 0. The van der Waals surface area contributed by atoms with Crippen LogP contribution in [0.25, 0.3) is 0 Å². The number of rotatable bonds is 5. The van der Waals surface area contributed by atoms with Gasteiger partial charge in [0, 0.05) is 0 Å². The first kappa shape index (κ1) is 18.7. The van der Waals surface area contributed by atoms with Gasteiger partial charge in [-0.05, 0) is 0 Å². The monoisotopic (exact) mass is 544 g/mol. The Kier molecular flexibility index (Phi) is 1.36. The van der Waals surface area contributed by atoms with E-state index in [1.54, 1.807) is 0 Å². The molecule has 0 aromatic rings. The molecule has 12 aliphatic heterocycles. The summed E-state index contributed by atoms with van der Waals surface area (Å²) in [6, 6.07) is 1.51. The zero-order chi connectivity index (χ0) is 22.8. The molecule has 0 radical (unpaired) electrons. The van der Waals surface area contributed by atoms with Gasteiger partial charge in [-0.1, -0.05) is 0 Å².